The average molecular weight is 432 g/mol. The van der Waals surface area contributed by atoms with Gasteiger partial charge in [0.2, 0.25) is 10.0 Å². The summed E-state index contributed by atoms with van der Waals surface area (Å²) in [7, 11) is -1.94. The quantitative estimate of drug-likeness (QED) is 0.624. The first kappa shape index (κ1) is 22.0. The number of nitrogens with one attached hydrogen (secondary N) is 1. The summed E-state index contributed by atoms with van der Waals surface area (Å²) in [6.07, 6.45) is 0.250. The van der Waals surface area contributed by atoms with Gasteiger partial charge in [-0.1, -0.05) is 32.0 Å². The highest BCUT2D eigenvalue weighted by Crippen LogP contribution is 2.19. The Morgan fingerprint density at radius 2 is 1.70 bits per heavy atom. The minimum atomic E-state index is -3.75. The third-order valence-electron chi connectivity index (χ3n) is 5.21. The molecule has 1 aromatic heterocycles. The van der Waals surface area contributed by atoms with Gasteiger partial charge in [0.25, 0.3) is 5.56 Å². The van der Waals surface area contributed by atoms with E-state index in [1.165, 1.54) is 22.9 Å². The lowest BCUT2D eigenvalue weighted by molar-refractivity contribution is 0.577. The van der Waals surface area contributed by atoms with E-state index in [9.17, 15) is 17.6 Å². The van der Waals surface area contributed by atoms with E-state index in [4.69, 9.17) is 0 Å². The van der Waals surface area contributed by atoms with Crippen molar-refractivity contribution in [2.24, 2.45) is 7.05 Å². The van der Waals surface area contributed by atoms with Gasteiger partial charge in [0.05, 0.1) is 10.6 Å². The van der Waals surface area contributed by atoms with E-state index in [0.717, 1.165) is 11.3 Å². The number of benzene rings is 2. The number of nitrogens with zero attached hydrogens (tertiary/aromatic N) is 2. The van der Waals surface area contributed by atoms with Gasteiger partial charge in [-0.3, -0.25) is 9.48 Å². The largest absolute Gasteiger partial charge is 0.285 e. The van der Waals surface area contributed by atoms with Gasteiger partial charge in [-0.15, -0.1) is 0 Å². The predicted molar refractivity (Wildman–Crippen MR) is 115 cm³/mol. The molecular weight excluding hydrogens is 405 g/mol. The third-order valence-corrected chi connectivity index (χ3v) is 6.69. The number of halogens is 1. The van der Waals surface area contributed by atoms with Gasteiger partial charge >= 0.3 is 0 Å². The minimum Gasteiger partial charge on any atom is -0.285 e. The lowest BCUT2D eigenvalue weighted by Crippen LogP contribution is -2.26. The highest BCUT2D eigenvalue weighted by Gasteiger charge is 2.19. The molecule has 0 fully saturated rings. The van der Waals surface area contributed by atoms with Crippen molar-refractivity contribution < 1.29 is 12.8 Å². The second-order valence-electron chi connectivity index (χ2n) is 7.53. The van der Waals surface area contributed by atoms with Gasteiger partial charge < -0.3 is 0 Å². The molecule has 0 saturated carbocycles. The normalized spacial score (nSPS) is 11.9. The Morgan fingerprint density at radius 1 is 1.07 bits per heavy atom. The number of hydrogen-bond donors (Lipinski definition) is 1. The maximum Gasteiger partial charge on any atom is 0.275 e. The van der Waals surface area contributed by atoms with Crippen LogP contribution >= 0.6 is 0 Å². The third kappa shape index (κ3) is 4.24. The zero-order chi connectivity index (χ0) is 22.1. The van der Waals surface area contributed by atoms with Crippen molar-refractivity contribution in [3.63, 3.8) is 0 Å². The lowest BCUT2D eigenvalue weighted by Gasteiger charge is -2.10. The smallest absolute Gasteiger partial charge is 0.275 e. The van der Waals surface area contributed by atoms with Gasteiger partial charge in [0.1, 0.15) is 5.82 Å². The first-order valence-corrected chi connectivity index (χ1v) is 11.2. The summed E-state index contributed by atoms with van der Waals surface area (Å²) < 4.78 is 44.6. The van der Waals surface area contributed by atoms with Crippen molar-refractivity contribution >= 4 is 10.0 Å². The minimum absolute atomic E-state index is 0.0826. The Hall–Kier alpha value is -2.71. The first-order chi connectivity index (χ1) is 14.1. The molecule has 0 aliphatic rings. The summed E-state index contributed by atoms with van der Waals surface area (Å²) in [5, 5.41) is 0. The van der Waals surface area contributed by atoms with E-state index in [1.54, 1.807) is 42.1 Å². The Labute approximate surface area is 176 Å². The van der Waals surface area contributed by atoms with E-state index in [0.29, 0.717) is 11.3 Å². The van der Waals surface area contributed by atoms with Crippen LogP contribution in [0.25, 0.3) is 5.69 Å². The topological polar surface area (TPSA) is 73.1 Å². The fourth-order valence-electron chi connectivity index (χ4n) is 3.56. The Balaban J connectivity index is 1.79. The van der Waals surface area contributed by atoms with Crippen LogP contribution in [0, 0.1) is 12.7 Å². The zero-order valence-electron chi connectivity index (χ0n) is 17.5. The van der Waals surface area contributed by atoms with Crippen molar-refractivity contribution in [2.45, 2.75) is 38.0 Å². The summed E-state index contributed by atoms with van der Waals surface area (Å²) in [5.74, 6) is -0.270. The zero-order valence-corrected chi connectivity index (χ0v) is 18.3. The van der Waals surface area contributed by atoms with Crippen molar-refractivity contribution in [1.82, 2.24) is 14.1 Å². The molecule has 2 aromatic carbocycles. The van der Waals surface area contributed by atoms with Gasteiger partial charge in [-0.2, -0.15) is 0 Å². The molecule has 0 spiro atoms. The van der Waals surface area contributed by atoms with Crippen LogP contribution in [0.15, 0.2) is 58.2 Å². The van der Waals surface area contributed by atoms with Crippen molar-refractivity contribution in [1.29, 1.82) is 0 Å². The number of hydrogen-bond acceptors (Lipinski definition) is 3. The van der Waals surface area contributed by atoms with Crippen LogP contribution in [0.2, 0.25) is 0 Å². The monoisotopic (exact) mass is 431 g/mol. The molecule has 6 nitrogen and oxygen atoms in total. The van der Waals surface area contributed by atoms with Crippen molar-refractivity contribution in [3.8, 4) is 5.69 Å². The maximum atomic E-state index is 13.7. The first-order valence-electron chi connectivity index (χ1n) is 9.75. The maximum absolute atomic E-state index is 13.7. The van der Waals surface area contributed by atoms with Crippen molar-refractivity contribution in [3.05, 3.63) is 81.5 Å². The summed E-state index contributed by atoms with van der Waals surface area (Å²) >= 11 is 0. The Morgan fingerprint density at radius 3 is 2.27 bits per heavy atom. The van der Waals surface area contributed by atoms with Crippen LogP contribution in [0.4, 0.5) is 4.39 Å². The molecule has 0 radical (unpaired) electrons. The van der Waals surface area contributed by atoms with Crippen LogP contribution in [0.5, 0.6) is 0 Å². The second kappa shape index (κ2) is 8.57. The molecule has 160 valence electrons. The van der Waals surface area contributed by atoms with Gasteiger partial charge in [0, 0.05) is 24.8 Å². The standard InChI is InChI=1S/C22H26FN3O3S/c1-15(2)21-16(3)25(4)26(22(21)27)18-9-11-19(12-10-18)30(28,29)24-14-13-17-7-5-6-8-20(17)23/h5-12,15,24H,13-14H2,1-4H3. The number of sulfonamides is 1. The molecular formula is C22H26FN3O3S. The predicted octanol–water partition coefficient (Wildman–Crippen LogP) is 3.27. The molecule has 8 heteroatoms. The van der Waals surface area contributed by atoms with Crippen LogP contribution < -0.4 is 10.3 Å². The van der Waals surface area contributed by atoms with E-state index in [2.05, 4.69) is 4.72 Å². The van der Waals surface area contributed by atoms with E-state index < -0.39 is 10.0 Å². The molecule has 3 aromatic rings. The van der Waals surface area contributed by atoms with Crippen LogP contribution in [-0.4, -0.2) is 24.3 Å². The SMILES string of the molecule is Cc1c(C(C)C)c(=O)n(-c2ccc(S(=O)(=O)NCCc3ccccc3F)cc2)n1C. The molecule has 0 amide bonds. The van der Waals surface area contributed by atoms with E-state index in [-0.39, 0.29) is 35.2 Å². The molecule has 0 saturated heterocycles. The summed E-state index contributed by atoms with van der Waals surface area (Å²) in [5.41, 5.74) is 2.55. The number of rotatable bonds is 7. The molecule has 3 rings (SSSR count). The summed E-state index contributed by atoms with van der Waals surface area (Å²) in [6, 6.07) is 12.4. The molecule has 1 heterocycles. The highest BCUT2D eigenvalue weighted by atomic mass is 32.2. The van der Waals surface area contributed by atoms with Crippen LogP contribution in [-0.2, 0) is 23.5 Å². The molecule has 0 unspecified atom stereocenters. The fourth-order valence-corrected chi connectivity index (χ4v) is 4.59. The average Bonchev–Trinajstić information content (AvgIpc) is 2.92. The Kier molecular flexibility index (Phi) is 6.28. The summed E-state index contributed by atoms with van der Waals surface area (Å²) in [6.45, 7) is 5.91. The van der Waals surface area contributed by atoms with E-state index in [1.807, 2.05) is 20.8 Å². The van der Waals surface area contributed by atoms with Crippen molar-refractivity contribution in [2.75, 3.05) is 6.54 Å². The van der Waals surface area contributed by atoms with Gasteiger partial charge in [0.15, 0.2) is 0 Å². The highest BCUT2D eigenvalue weighted by molar-refractivity contribution is 7.89. The van der Waals surface area contributed by atoms with Gasteiger partial charge in [-0.25, -0.2) is 22.2 Å². The molecule has 0 bridgehead atoms. The van der Waals surface area contributed by atoms with Gasteiger partial charge in [-0.05, 0) is 55.2 Å². The van der Waals surface area contributed by atoms with Crippen LogP contribution in [0.3, 0.4) is 0 Å². The molecule has 1 N–H and O–H groups in total. The molecule has 0 aliphatic heterocycles. The fraction of sp³-hybridized carbons (Fsp3) is 0.318. The molecule has 30 heavy (non-hydrogen) atoms. The van der Waals surface area contributed by atoms with Crippen LogP contribution in [0.1, 0.15) is 36.6 Å². The Bertz CT molecular complexity index is 1210. The molecule has 0 aliphatic carbocycles. The lowest BCUT2D eigenvalue weighted by atomic mass is 10.0. The second-order valence-corrected chi connectivity index (χ2v) is 9.29. The number of aromatic nitrogens is 2. The molecule has 0 atom stereocenters. The van der Waals surface area contributed by atoms with E-state index >= 15 is 0 Å². The summed E-state index contributed by atoms with van der Waals surface area (Å²) in [4.78, 5) is 12.9.